The van der Waals surface area contributed by atoms with Gasteiger partial charge in [0.15, 0.2) is 11.6 Å². The highest BCUT2D eigenvalue weighted by Gasteiger charge is 2.29. The standard InChI is InChI=1S/C24H25NO6/c1-6-25(7-2)17-9-8-16-10-18(24(29)31-20(16)11-17)23(28)30-12-19-15(5)21(26)13(3)14(4)22(19)27/h8-11H,6-7,12H2,1-5H3. The number of nitrogens with zero attached hydrogens (tertiary/aromatic N) is 1. The van der Waals surface area contributed by atoms with E-state index in [0.717, 1.165) is 18.8 Å². The Labute approximate surface area is 180 Å². The summed E-state index contributed by atoms with van der Waals surface area (Å²) in [5.41, 5.74) is 1.28. The number of carbonyl (C=O) groups is 3. The zero-order valence-corrected chi connectivity index (χ0v) is 18.3. The first-order valence-electron chi connectivity index (χ1n) is 10.2. The first-order chi connectivity index (χ1) is 14.7. The molecule has 0 fully saturated rings. The Morgan fingerprint density at radius 3 is 2.23 bits per heavy atom. The molecule has 1 aliphatic rings. The van der Waals surface area contributed by atoms with Crippen LogP contribution in [0.1, 0.15) is 45.0 Å². The summed E-state index contributed by atoms with van der Waals surface area (Å²) < 4.78 is 10.6. The summed E-state index contributed by atoms with van der Waals surface area (Å²) >= 11 is 0. The molecule has 31 heavy (non-hydrogen) atoms. The minimum Gasteiger partial charge on any atom is -0.457 e. The van der Waals surface area contributed by atoms with Gasteiger partial charge in [-0.05, 0) is 52.8 Å². The fourth-order valence-electron chi connectivity index (χ4n) is 3.57. The van der Waals surface area contributed by atoms with E-state index >= 15 is 0 Å². The minimum atomic E-state index is -0.909. The molecular weight excluding hydrogens is 398 g/mol. The highest BCUT2D eigenvalue weighted by atomic mass is 16.5. The van der Waals surface area contributed by atoms with E-state index < -0.39 is 18.2 Å². The van der Waals surface area contributed by atoms with Crippen molar-refractivity contribution in [2.75, 3.05) is 24.6 Å². The molecule has 0 amide bonds. The normalized spacial score (nSPS) is 14.5. The van der Waals surface area contributed by atoms with Crippen LogP contribution in [-0.2, 0) is 14.3 Å². The van der Waals surface area contributed by atoms with Crippen molar-refractivity contribution in [1.82, 2.24) is 0 Å². The second kappa shape index (κ2) is 8.71. The van der Waals surface area contributed by atoms with Gasteiger partial charge >= 0.3 is 11.6 Å². The second-order valence-corrected chi connectivity index (χ2v) is 7.43. The molecule has 0 saturated carbocycles. The van der Waals surface area contributed by atoms with Crippen LogP contribution < -0.4 is 10.5 Å². The van der Waals surface area contributed by atoms with Crippen molar-refractivity contribution < 1.29 is 23.5 Å². The van der Waals surface area contributed by atoms with Gasteiger partial charge in [-0.2, -0.15) is 0 Å². The smallest absolute Gasteiger partial charge is 0.351 e. The van der Waals surface area contributed by atoms with Crippen molar-refractivity contribution in [2.45, 2.75) is 34.6 Å². The molecule has 2 aromatic rings. The number of Topliss-reactive ketones (excluding diaryl/α,β-unsaturated/α-hetero) is 2. The average Bonchev–Trinajstić information content (AvgIpc) is 2.76. The van der Waals surface area contributed by atoms with Crippen molar-refractivity contribution in [3.8, 4) is 0 Å². The van der Waals surface area contributed by atoms with E-state index in [1.807, 2.05) is 19.9 Å². The van der Waals surface area contributed by atoms with Gasteiger partial charge in [0, 0.05) is 52.5 Å². The molecule has 7 heteroatoms. The lowest BCUT2D eigenvalue weighted by Gasteiger charge is -2.21. The summed E-state index contributed by atoms with van der Waals surface area (Å²) in [5.74, 6) is -1.50. The number of ether oxygens (including phenoxy) is 1. The Bertz CT molecular complexity index is 1210. The van der Waals surface area contributed by atoms with Crippen molar-refractivity contribution >= 4 is 34.2 Å². The van der Waals surface area contributed by atoms with Gasteiger partial charge in [-0.25, -0.2) is 9.59 Å². The van der Waals surface area contributed by atoms with Gasteiger partial charge in [0.05, 0.1) is 0 Å². The second-order valence-electron chi connectivity index (χ2n) is 7.43. The number of allylic oxidation sites excluding steroid dienone is 3. The number of ketones is 2. The summed E-state index contributed by atoms with van der Waals surface area (Å²) in [6.45, 7) is 9.97. The largest absolute Gasteiger partial charge is 0.457 e. The van der Waals surface area contributed by atoms with E-state index in [1.165, 1.54) is 13.0 Å². The summed E-state index contributed by atoms with van der Waals surface area (Å²) in [6, 6.07) is 6.84. The molecule has 1 aromatic carbocycles. The highest BCUT2D eigenvalue weighted by molar-refractivity contribution is 6.24. The Morgan fingerprint density at radius 2 is 1.58 bits per heavy atom. The summed E-state index contributed by atoms with van der Waals surface area (Å²) in [5, 5.41) is 0.580. The van der Waals surface area contributed by atoms with Gasteiger partial charge in [0.2, 0.25) is 0 Å². The van der Waals surface area contributed by atoms with Gasteiger partial charge in [0.25, 0.3) is 0 Å². The molecule has 0 spiro atoms. The maximum atomic E-state index is 12.5. The quantitative estimate of drug-likeness (QED) is 0.398. The van der Waals surface area contributed by atoms with Crippen molar-refractivity contribution in [3.05, 3.63) is 62.5 Å². The van der Waals surface area contributed by atoms with Gasteiger partial charge in [-0.15, -0.1) is 0 Å². The fraction of sp³-hybridized carbons (Fsp3) is 0.333. The molecule has 0 unspecified atom stereocenters. The van der Waals surface area contributed by atoms with E-state index in [9.17, 15) is 19.2 Å². The summed E-state index contributed by atoms with van der Waals surface area (Å²) in [4.78, 5) is 51.8. The molecule has 0 saturated heterocycles. The molecule has 0 N–H and O–H groups in total. The number of fused-ring (bicyclic) bond motifs is 1. The molecule has 1 aromatic heterocycles. The van der Waals surface area contributed by atoms with Crippen LogP contribution in [0.2, 0.25) is 0 Å². The monoisotopic (exact) mass is 423 g/mol. The van der Waals surface area contributed by atoms with Gasteiger partial charge in [-0.1, -0.05) is 0 Å². The van der Waals surface area contributed by atoms with Crippen LogP contribution in [0.15, 0.2) is 55.8 Å². The van der Waals surface area contributed by atoms with Crippen LogP contribution in [0.5, 0.6) is 0 Å². The number of carbonyl (C=O) groups excluding carboxylic acids is 3. The predicted molar refractivity (Wildman–Crippen MR) is 117 cm³/mol. The minimum absolute atomic E-state index is 0.121. The third-order valence-electron chi connectivity index (χ3n) is 5.73. The number of esters is 1. The van der Waals surface area contributed by atoms with E-state index in [2.05, 4.69) is 4.90 Å². The molecule has 1 heterocycles. The lowest BCUT2D eigenvalue weighted by Crippen LogP contribution is -2.25. The molecule has 0 bridgehead atoms. The van der Waals surface area contributed by atoms with Gasteiger partial charge < -0.3 is 14.1 Å². The molecule has 0 atom stereocenters. The Hall–Kier alpha value is -3.48. The molecule has 7 nitrogen and oxygen atoms in total. The topological polar surface area (TPSA) is 93.9 Å². The number of hydrogen-bond acceptors (Lipinski definition) is 7. The van der Waals surface area contributed by atoms with Crippen LogP contribution >= 0.6 is 0 Å². The lowest BCUT2D eigenvalue weighted by molar-refractivity contribution is -0.116. The van der Waals surface area contributed by atoms with Crippen molar-refractivity contribution in [1.29, 1.82) is 0 Å². The molecule has 162 valence electrons. The van der Waals surface area contributed by atoms with Crippen LogP contribution in [0.3, 0.4) is 0 Å². The Balaban J connectivity index is 1.85. The average molecular weight is 423 g/mol. The van der Waals surface area contributed by atoms with E-state index in [-0.39, 0.29) is 28.3 Å². The third kappa shape index (κ3) is 4.08. The lowest BCUT2D eigenvalue weighted by atomic mass is 9.86. The Kier molecular flexibility index (Phi) is 6.24. The van der Waals surface area contributed by atoms with Crippen LogP contribution in [-0.4, -0.2) is 37.2 Å². The van der Waals surface area contributed by atoms with E-state index in [0.29, 0.717) is 22.1 Å². The zero-order chi connectivity index (χ0) is 22.9. The maximum Gasteiger partial charge on any atom is 0.351 e. The molecule has 0 radical (unpaired) electrons. The first-order valence-corrected chi connectivity index (χ1v) is 10.2. The number of hydrogen-bond donors (Lipinski definition) is 0. The predicted octanol–water partition coefficient (Wildman–Crippen LogP) is 3.60. The molecule has 3 rings (SSSR count). The molecular formula is C24H25NO6. The first kappa shape index (κ1) is 22.2. The van der Waals surface area contributed by atoms with Crippen molar-refractivity contribution in [2.24, 2.45) is 0 Å². The number of anilines is 1. The van der Waals surface area contributed by atoms with Gasteiger partial charge in [0.1, 0.15) is 17.8 Å². The third-order valence-corrected chi connectivity index (χ3v) is 5.73. The fourth-order valence-corrected chi connectivity index (χ4v) is 3.57. The molecule has 1 aliphatic carbocycles. The SMILES string of the molecule is CCN(CC)c1ccc2cc(C(=O)OCC3=C(C)C(=O)C(C)=C(C)C3=O)c(=O)oc2c1. The highest BCUT2D eigenvalue weighted by Crippen LogP contribution is 2.25. The van der Waals surface area contributed by atoms with E-state index in [4.69, 9.17) is 9.15 Å². The van der Waals surface area contributed by atoms with Crippen LogP contribution in [0.25, 0.3) is 11.0 Å². The van der Waals surface area contributed by atoms with Crippen LogP contribution in [0.4, 0.5) is 5.69 Å². The van der Waals surface area contributed by atoms with Crippen molar-refractivity contribution in [3.63, 3.8) is 0 Å². The van der Waals surface area contributed by atoms with Crippen LogP contribution in [0, 0.1) is 0 Å². The summed E-state index contributed by atoms with van der Waals surface area (Å²) in [7, 11) is 0. The maximum absolute atomic E-state index is 12.5. The Morgan fingerprint density at radius 1 is 0.935 bits per heavy atom. The summed E-state index contributed by atoms with van der Waals surface area (Å²) in [6.07, 6.45) is 0. The van der Waals surface area contributed by atoms with E-state index in [1.54, 1.807) is 26.0 Å². The zero-order valence-electron chi connectivity index (χ0n) is 18.3. The molecule has 0 aliphatic heterocycles. The van der Waals surface area contributed by atoms with Gasteiger partial charge in [-0.3, -0.25) is 9.59 Å². The number of rotatable bonds is 6. The number of benzene rings is 1.